The Balaban J connectivity index is 1.53. The molecule has 0 aromatic carbocycles. The van der Waals surface area contributed by atoms with Crippen molar-refractivity contribution in [3.63, 3.8) is 0 Å². The molecule has 4 atom stereocenters. The van der Waals surface area contributed by atoms with Crippen molar-refractivity contribution in [1.82, 2.24) is 10.6 Å². The van der Waals surface area contributed by atoms with E-state index in [-0.39, 0.29) is 18.1 Å². The maximum atomic E-state index is 12.1. The normalized spacial score (nSPS) is 30.6. The highest BCUT2D eigenvalue weighted by Gasteiger charge is 2.38. The summed E-state index contributed by atoms with van der Waals surface area (Å²) in [4.78, 5) is 13.3. The number of rotatable bonds is 3. The number of carbonyl (C=O) groups is 1. The summed E-state index contributed by atoms with van der Waals surface area (Å²) in [5, 5.41) is 8.22. The fourth-order valence-corrected chi connectivity index (χ4v) is 4.10. The monoisotopic (exact) mass is 294 g/mol. The molecule has 2 amide bonds. The van der Waals surface area contributed by atoms with Gasteiger partial charge in [0.1, 0.15) is 0 Å². The molecule has 2 N–H and O–H groups in total. The van der Waals surface area contributed by atoms with Crippen LogP contribution in [0.4, 0.5) is 4.79 Å². The largest absolute Gasteiger partial charge is 0.378 e. The minimum atomic E-state index is -0.0524. The zero-order valence-corrected chi connectivity index (χ0v) is 12.6. The number of amides is 2. The van der Waals surface area contributed by atoms with E-state index >= 15 is 0 Å². The second kappa shape index (κ2) is 6.14. The van der Waals surface area contributed by atoms with Crippen molar-refractivity contribution >= 4 is 17.4 Å². The van der Waals surface area contributed by atoms with Crippen LogP contribution in [0.15, 0.2) is 17.5 Å². The minimum Gasteiger partial charge on any atom is -0.378 e. The van der Waals surface area contributed by atoms with Crippen molar-refractivity contribution in [2.75, 3.05) is 6.61 Å². The van der Waals surface area contributed by atoms with Gasteiger partial charge < -0.3 is 15.4 Å². The second-order valence-electron chi connectivity index (χ2n) is 5.75. The minimum absolute atomic E-state index is 0.0524. The summed E-state index contributed by atoms with van der Waals surface area (Å²) in [7, 11) is 0. The number of urea groups is 1. The van der Waals surface area contributed by atoms with E-state index in [9.17, 15) is 4.79 Å². The van der Waals surface area contributed by atoms with Gasteiger partial charge in [-0.1, -0.05) is 6.07 Å². The molecule has 2 heterocycles. The van der Waals surface area contributed by atoms with E-state index < -0.39 is 0 Å². The molecule has 2 aliphatic rings. The van der Waals surface area contributed by atoms with E-state index in [0.29, 0.717) is 12.0 Å². The molecular weight excluding hydrogens is 272 g/mol. The quantitative estimate of drug-likeness (QED) is 0.900. The summed E-state index contributed by atoms with van der Waals surface area (Å²) in [5.74, 6) is 0.506. The fourth-order valence-electron chi connectivity index (χ4n) is 3.37. The van der Waals surface area contributed by atoms with Crippen LogP contribution in [0, 0.1) is 5.92 Å². The molecule has 1 aliphatic carbocycles. The SMILES string of the molecule is C[C@H](NC(=O)N[C@@H]1CCC[C@@H]2OCC[C@@H]21)c1cccs1. The van der Waals surface area contributed by atoms with Crippen molar-refractivity contribution in [3.8, 4) is 0 Å². The topological polar surface area (TPSA) is 50.4 Å². The molecule has 3 rings (SSSR count). The average molecular weight is 294 g/mol. The number of hydrogen-bond donors (Lipinski definition) is 2. The third-order valence-electron chi connectivity index (χ3n) is 4.42. The summed E-state index contributed by atoms with van der Waals surface area (Å²) in [6, 6.07) is 4.35. The summed E-state index contributed by atoms with van der Waals surface area (Å²) in [6.07, 6.45) is 4.81. The molecular formula is C15H22N2O2S. The van der Waals surface area contributed by atoms with Crippen LogP contribution < -0.4 is 10.6 Å². The lowest BCUT2D eigenvalue weighted by atomic mass is 9.82. The highest BCUT2D eigenvalue weighted by atomic mass is 32.1. The fraction of sp³-hybridized carbons (Fsp3) is 0.667. The number of carbonyl (C=O) groups excluding carboxylic acids is 1. The van der Waals surface area contributed by atoms with Crippen molar-refractivity contribution in [1.29, 1.82) is 0 Å². The third kappa shape index (κ3) is 2.99. The second-order valence-corrected chi connectivity index (χ2v) is 6.73. The number of nitrogens with one attached hydrogen (secondary N) is 2. The Kier molecular flexibility index (Phi) is 4.27. The average Bonchev–Trinajstić information content (AvgIpc) is 3.10. The zero-order chi connectivity index (χ0) is 13.9. The van der Waals surface area contributed by atoms with Gasteiger partial charge in [0.25, 0.3) is 0 Å². The predicted octanol–water partition coefficient (Wildman–Crippen LogP) is 3.07. The van der Waals surface area contributed by atoms with E-state index in [0.717, 1.165) is 32.3 Å². The van der Waals surface area contributed by atoms with Crippen molar-refractivity contribution in [2.45, 2.75) is 50.8 Å². The number of hydrogen-bond acceptors (Lipinski definition) is 3. The van der Waals surface area contributed by atoms with Crippen LogP contribution in [0.5, 0.6) is 0 Å². The molecule has 0 spiro atoms. The first-order chi connectivity index (χ1) is 9.74. The summed E-state index contributed by atoms with van der Waals surface area (Å²) >= 11 is 1.67. The Hall–Kier alpha value is -1.07. The van der Waals surface area contributed by atoms with Gasteiger partial charge in [0.05, 0.1) is 12.1 Å². The lowest BCUT2D eigenvalue weighted by Crippen LogP contribution is -2.49. The molecule has 0 radical (unpaired) electrons. The molecule has 0 bridgehead atoms. The maximum absolute atomic E-state index is 12.1. The van der Waals surface area contributed by atoms with Crippen LogP contribution in [0.2, 0.25) is 0 Å². The van der Waals surface area contributed by atoms with Gasteiger partial charge >= 0.3 is 6.03 Å². The van der Waals surface area contributed by atoms with Crippen LogP contribution in [0.25, 0.3) is 0 Å². The smallest absolute Gasteiger partial charge is 0.315 e. The Labute approximate surface area is 123 Å². The molecule has 5 heteroatoms. The first-order valence-electron chi connectivity index (χ1n) is 7.46. The summed E-state index contributed by atoms with van der Waals surface area (Å²) in [5.41, 5.74) is 0. The van der Waals surface area contributed by atoms with Crippen LogP contribution in [-0.2, 0) is 4.74 Å². The van der Waals surface area contributed by atoms with Gasteiger partial charge in [0.15, 0.2) is 0 Å². The molecule has 2 fully saturated rings. The standard InChI is InChI=1S/C15H22N2O2S/c1-10(14-6-3-9-20-14)16-15(18)17-12-4-2-5-13-11(12)7-8-19-13/h3,6,9-13H,2,4-5,7-8H2,1H3,(H2,16,17,18)/t10-,11+,12+,13-/m0/s1. The van der Waals surface area contributed by atoms with E-state index in [1.165, 1.54) is 4.88 Å². The molecule has 1 aliphatic heterocycles. The third-order valence-corrected chi connectivity index (χ3v) is 5.47. The number of thiophene rings is 1. The summed E-state index contributed by atoms with van der Waals surface area (Å²) < 4.78 is 5.74. The predicted molar refractivity (Wildman–Crippen MR) is 79.9 cm³/mol. The summed E-state index contributed by atoms with van der Waals surface area (Å²) in [6.45, 7) is 2.87. The van der Waals surface area contributed by atoms with Gasteiger partial charge in [-0.3, -0.25) is 0 Å². The number of ether oxygens (including phenoxy) is 1. The Morgan fingerprint density at radius 1 is 1.45 bits per heavy atom. The Bertz CT molecular complexity index is 449. The molecule has 1 aromatic heterocycles. The molecule has 110 valence electrons. The maximum Gasteiger partial charge on any atom is 0.315 e. The van der Waals surface area contributed by atoms with E-state index in [2.05, 4.69) is 16.7 Å². The first kappa shape index (κ1) is 13.9. The van der Waals surface area contributed by atoms with Gasteiger partial charge in [0.2, 0.25) is 0 Å². The molecule has 0 unspecified atom stereocenters. The molecule has 1 saturated heterocycles. The van der Waals surface area contributed by atoms with Gasteiger partial charge in [-0.15, -0.1) is 11.3 Å². The van der Waals surface area contributed by atoms with Gasteiger partial charge in [0, 0.05) is 23.4 Å². The highest BCUT2D eigenvalue weighted by Crippen LogP contribution is 2.34. The first-order valence-corrected chi connectivity index (χ1v) is 8.34. The lowest BCUT2D eigenvalue weighted by Gasteiger charge is -2.33. The van der Waals surface area contributed by atoms with E-state index in [1.807, 2.05) is 18.4 Å². The van der Waals surface area contributed by atoms with Gasteiger partial charge in [-0.2, -0.15) is 0 Å². The van der Waals surface area contributed by atoms with E-state index in [1.54, 1.807) is 11.3 Å². The van der Waals surface area contributed by atoms with Crippen LogP contribution in [0.1, 0.15) is 43.5 Å². The van der Waals surface area contributed by atoms with Crippen molar-refractivity contribution < 1.29 is 9.53 Å². The van der Waals surface area contributed by atoms with Gasteiger partial charge in [-0.05, 0) is 44.1 Å². The van der Waals surface area contributed by atoms with Crippen LogP contribution in [-0.4, -0.2) is 24.8 Å². The molecule has 1 saturated carbocycles. The number of fused-ring (bicyclic) bond motifs is 1. The van der Waals surface area contributed by atoms with Gasteiger partial charge in [-0.25, -0.2) is 4.79 Å². The molecule has 1 aromatic rings. The zero-order valence-electron chi connectivity index (χ0n) is 11.8. The molecule has 20 heavy (non-hydrogen) atoms. The van der Waals surface area contributed by atoms with Crippen molar-refractivity contribution in [3.05, 3.63) is 22.4 Å². The Morgan fingerprint density at radius 2 is 2.35 bits per heavy atom. The Morgan fingerprint density at radius 3 is 3.15 bits per heavy atom. The lowest BCUT2D eigenvalue weighted by molar-refractivity contribution is 0.0549. The van der Waals surface area contributed by atoms with Crippen LogP contribution in [0.3, 0.4) is 0 Å². The van der Waals surface area contributed by atoms with Crippen LogP contribution >= 0.6 is 11.3 Å². The molecule has 4 nitrogen and oxygen atoms in total. The van der Waals surface area contributed by atoms with Crippen molar-refractivity contribution in [2.24, 2.45) is 5.92 Å². The highest BCUT2D eigenvalue weighted by molar-refractivity contribution is 7.10. The van der Waals surface area contributed by atoms with E-state index in [4.69, 9.17) is 4.74 Å².